The molecule has 0 heterocycles. The standard InChI is InChI=1S/C11H13ClFNO2S/c12-8-11(6-3-7-11)14-17(15,16)10-5-2-1-4-9(10)13/h1-2,4-5,14H,3,6-8H2. The van der Waals surface area contributed by atoms with Crippen LogP contribution < -0.4 is 4.72 Å². The van der Waals surface area contributed by atoms with E-state index >= 15 is 0 Å². The molecule has 1 aliphatic carbocycles. The molecule has 0 aliphatic heterocycles. The molecule has 0 saturated heterocycles. The summed E-state index contributed by atoms with van der Waals surface area (Å²) < 4.78 is 40.0. The summed E-state index contributed by atoms with van der Waals surface area (Å²) in [6.07, 6.45) is 2.33. The second kappa shape index (κ2) is 4.55. The minimum absolute atomic E-state index is 0.209. The second-order valence-corrected chi connectivity index (χ2v) is 6.22. The van der Waals surface area contributed by atoms with Crippen LogP contribution in [-0.4, -0.2) is 19.8 Å². The number of hydrogen-bond donors (Lipinski definition) is 1. The van der Waals surface area contributed by atoms with E-state index in [1.54, 1.807) is 0 Å². The van der Waals surface area contributed by atoms with Crippen molar-refractivity contribution < 1.29 is 12.8 Å². The third-order valence-electron chi connectivity index (χ3n) is 3.04. The Balaban J connectivity index is 2.29. The fraction of sp³-hybridized carbons (Fsp3) is 0.455. The lowest BCUT2D eigenvalue weighted by atomic mass is 9.79. The summed E-state index contributed by atoms with van der Waals surface area (Å²) in [6.45, 7) is 0. The van der Waals surface area contributed by atoms with Crippen LogP contribution in [-0.2, 0) is 10.0 Å². The van der Waals surface area contributed by atoms with Gasteiger partial charge in [0.25, 0.3) is 0 Å². The number of benzene rings is 1. The summed E-state index contributed by atoms with van der Waals surface area (Å²) in [5, 5.41) is 0. The van der Waals surface area contributed by atoms with E-state index in [-0.39, 0.29) is 10.8 Å². The predicted octanol–water partition coefficient (Wildman–Crippen LogP) is 2.27. The first-order chi connectivity index (χ1) is 7.99. The highest BCUT2D eigenvalue weighted by Crippen LogP contribution is 2.34. The summed E-state index contributed by atoms with van der Waals surface area (Å²) in [5.41, 5.74) is -0.595. The molecule has 0 aromatic heterocycles. The van der Waals surface area contributed by atoms with E-state index in [0.29, 0.717) is 12.8 Å². The lowest BCUT2D eigenvalue weighted by Gasteiger charge is -2.40. The maximum absolute atomic E-state index is 13.4. The highest BCUT2D eigenvalue weighted by atomic mass is 35.5. The van der Waals surface area contributed by atoms with Gasteiger partial charge in [0.2, 0.25) is 10.0 Å². The molecule has 1 aromatic rings. The van der Waals surface area contributed by atoms with Gasteiger partial charge >= 0.3 is 0 Å². The van der Waals surface area contributed by atoms with E-state index in [9.17, 15) is 12.8 Å². The zero-order valence-corrected chi connectivity index (χ0v) is 10.7. The Morgan fingerprint density at radius 3 is 2.47 bits per heavy atom. The van der Waals surface area contributed by atoms with Gasteiger partial charge in [-0.25, -0.2) is 17.5 Å². The largest absolute Gasteiger partial charge is 0.244 e. The molecule has 1 fully saturated rings. The van der Waals surface area contributed by atoms with Crippen LogP contribution in [0.4, 0.5) is 4.39 Å². The van der Waals surface area contributed by atoms with Gasteiger partial charge in [0.1, 0.15) is 10.7 Å². The molecule has 0 radical (unpaired) electrons. The van der Waals surface area contributed by atoms with Crippen molar-refractivity contribution in [2.24, 2.45) is 0 Å². The van der Waals surface area contributed by atoms with Crippen LogP contribution in [0.25, 0.3) is 0 Å². The third-order valence-corrected chi connectivity index (χ3v) is 5.17. The van der Waals surface area contributed by atoms with E-state index in [0.717, 1.165) is 12.5 Å². The van der Waals surface area contributed by atoms with Crippen molar-refractivity contribution in [2.75, 3.05) is 5.88 Å². The summed E-state index contributed by atoms with van der Waals surface area (Å²) in [4.78, 5) is -0.323. The van der Waals surface area contributed by atoms with E-state index in [4.69, 9.17) is 11.6 Å². The van der Waals surface area contributed by atoms with E-state index in [1.165, 1.54) is 18.2 Å². The quantitative estimate of drug-likeness (QED) is 0.858. The number of hydrogen-bond acceptors (Lipinski definition) is 2. The molecule has 1 aromatic carbocycles. The fourth-order valence-corrected chi connectivity index (χ4v) is 3.82. The Bertz CT molecular complexity index is 508. The minimum atomic E-state index is -3.83. The molecule has 0 atom stereocenters. The Morgan fingerprint density at radius 2 is 2.00 bits per heavy atom. The topological polar surface area (TPSA) is 46.2 Å². The van der Waals surface area contributed by atoms with Crippen LogP contribution in [0.5, 0.6) is 0 Å². The average molecular weight is 278 g/mol. The summed E-state index contributed by atoms with van der Waals surface area (Å²) in [5.74, 6) is -0.537. The monoisotopic (exact) mass is 277 g/mol. The van der Waals surface area contributed by atoms with Gasteiger partial charge in [0.05, 0.1) is 0 Å². The van der Waals surface area contributed by atoms with E-state index in [1.807, 2.05) is 0 Å². The molecule has 0 amide bonds. The predicted molar refractivity (Wildman–Crippen MR) is 64.0 cm³/mol. The number of nitrogens with one attached hydrogen (secondary N) is 1. The molecule has 1 saturated carbocycles. The number of halogens is 2. The molecule has 0 spiro atoms. The first-order valence-electron chi connectivity index (χ1n) is 5.34. The van der Waals surface area contributed by atoms with Gasteiger partial charge in [0, 0.05) is 11.4 Å². The number of sulfonamides is 1. The molecule has 6 heteroatoms. The maximum Gasteiger partial charge on any atom is 0.244 e. The average Bonchev–Trinajstić information content (AvgIpc) is 2.24. The molecule has 1 aliphatic rings. The van der Waals surface area contributed by atoms with Gasteiger partial charge in [-0.15, -0.1) is 11.6 Å². The zero-order valence-electron chi connectivity index (χ0n) is 9.12. The summed E-state index contributed by atoms with van der Waals surface area (Å²) >= 11 is 5.77. The van der Waals surface area contributed by atoms with Gasteiger partial charge in [-0.05, 0) is 31.4 Å². The number of rotatable bonds is 4. The van der Waals surface area contributed by atoms with Gasteiger partial charge in [-0.3, -0.25) is 0 Å². The van der Waals surface area contributed by atoms with Gasteiger partial charge < -0.3 is 0 Å². The van der Waals surface area contributed by atoms with E-state index < -0.39 is 21.4 Å². The number of alkyl halides is 1. The van der Waals surface area contributed by atoms with Crippen molar-refractivity contribution >= 4 is 21.6 Å². The lowest BCUT2D eigenvalue weighted by molar-refractivity contribution is 0.252. The fourth-order valence-electron chi connectivity index (χ4n) is 1.87. The zero-order chi connectivity index (χ0) is 12.5. The molecule has 2 rings (SSSR count). The van der Waals surface area contributed by atoms with Crippen molar-refractivity contribution in [2.45, 2.75) is 29.7 Å². The normalized spacial score (nSPS) is 18.7. The van der Waals surface area contributed by atoms with E-state index in [2.05, 4.69) is 4.72 Å². The molecule has 3 nitrogen and oxygen atoms in total. The van der Waals surface area contributed by atoms with Crippen LogP contribution in [0.1, 0.15) is 19.3 Å². The maximum atomic E-state index is 13.4. The van der Waals surface area contributed by atoms with Crippen molar-refractivity contribution in [3.63, 3.8) is 0 Å². The smallest absolute Gasteiger partial charge is 0.207 e. The van der Waals surface area contributed by atoms with Crippen molar-refractivity contribution in [1.82, 2.24) is 4.72 Å². The molecular weight excluding hydrogens is 265 g/mol. The molecule has 94 valence electrons. The van der Waals surface area contributed by atoms with Gasteiger partial charge in [0.15, 0.2) is 0 Å². The van der Waals surface area contributed by atoms with Crippen LogP contribution in [0.2, 0.25) is 0 Å². The van der Waals surface area contributed by atoms with Crippen molar-refractivity contribution in [3.05, 3.63) is 30.1 Å². The highest BCUT2D eigenvalue weighted by molar-refractivity contribution is 7.89. The summed E-state index contributed by atoms with van der Waals surface area (Å²) in [6, 6.07) is 5.32. The second-order valence-electron chi connectivity index (χ2n) is 4.30. The van der Waals surface area contributed by atoms with Crippen LogP contribution in [0, 0.1) is 5.82 Å². The lowest BCUT2D eigenvalue weighted by Crippen LogP contribution is -2.54. The Hall–Kier alpha value is -0.650. The Labute approximate surface area is 105 Å². The molecule has 0 unspecified atom stereocenters. The van der Waals surface area contributed by atoms with Gasteiger partial charge in [-0.2, -0.15) is 0 Å². The minimum Gasteiger partial charge on any atom is -0.207 e. The third kappa shape index (κ3) is 2.46. The first-order valence-corrected chi connectivity index (χ1v) is 7.35. The first kappa shape index (κ1) is 12.8. The highest BCUT2D eigenvalue weighted by Gasteiger charge is 2.40. The molecule has 17 heavy (non-hydrogen) atoms. The van der Waals surface area contributed by atoms with Crippen LogP contribution in [0.3, 0.4) is 0 Å². The Kier molecular flexibility index (Phi) is 3.43. The van der Waals surface area contributed by atoms with Crippen molar-refractivity contribution in [3.8, 4) is 0 Å². The van der Waals surface area contributed by atoms with Crippen molar-refractivity contribution in [1.29, 1.82) is 0 Å². The van der Waals surface area contributed by atoms with Crippen LogP contribution >= 0.6 is 11.6 Å². The summed E-state index contributed by atoms with van der Waals surface area (Å²) in [7, 11) is -3.83. The SMILES string of the molecule is O=S(=O)(NC1(CCl)CCC1)c1ccccc1F. The van der Waals surface area contributed by atoms with Crippen LogP contribution in [0.15, 0.2) is 29.2 Å². The molecule has 1 N–H and O–H groups in total. The Morgan fingerprint density at radius 1 is 1.35 bits per heavy atom. The molecule has 0 bridgehead atoms. The molecular formula is C11H13ClFNO2S. The van der Waals surface area contributed by atoms with Gasteiger partial charge in [-0.1, -0.05) is 12.1 Å².